The number of carbonyl (C=O) groups is 5. The van der Waals surface area contributed by atoms with Crippen LogP contribution in [0, 0.1) is 5.41 Å². The molecule has 0 aliphatic carbocycles. The fourth-order valence-corrected chi connectivity index (χ4v) is 3.94. The van der Waals surface area contributed by atoms with Gasteiger partial charge in [0.25, 0.3) is 0 Å². The number of carbonyl (C=O) groups excluding carboxylic acids is 4. The zero-order chi connectivity index (χ0) is 36.9. The molecule has 49 heavy (non-hydrogen) atoms. The van der Waals surface area contributed by atoms with Crippen LogP contribution in [0.2, 0.25) is 0 Å². The quantitative estimate of drug-likeness (QED) is 0.145. The number of benzene rings is 2. The fraction of sp³-hybridized carbons (Fsp3) is 0.486. The largest absolute Gasteiger partial charge is 0.478 e. The number of hydrogen-bond acceptors (Lipinski definition) is 10. The van der Waals surface area contributed by atoms with E-state index < -0.39 is 46.8 Å². The van der Waals surface area contributed by atoms with E-state index in [9.17, 15) is 24.0 Å². The van der Waals surface area contributed by atoms with Crippen molar-refractivity contribution >= 4 is 41.4 Å². The van der Waals surface area contributed by atoms with Crippen molar-refractivity contribution in [2.75, 3.05) is 7.11 Å². The smallest absolute Gasteiger partial charge is 0.434 e. The molecule has 0 fully saturated rings. The Hall–Kier alpha value is -4.87. The van der Waals surface area contributed by atoms with E-state index in [4.69, 9.17) is 29.5 Å². The average Bonchev–Trinajstić information content (AvgIpc) is 2.89. The summed E-state index contributed by atoms with van der Waals surface area (Å²) in [5.41, 5.74) is 0.489. The van der Waals surface area contributed by atoms with E-state index in [-0.39, 0.29) is 50.1 Å². The summed E-state index contributed by atoms with van der Waals surface area (Å²) in [5.74, 6) is -2.43. The molecule has 0 bridgehead atoms. The zero-order valence-electron chi connectivity index (χ0n) is 29.5. The van der Waals surface area contributed by atoms with Gasteiger partial charge in [-0.05, 0) is 97.7 Å². The standard InChI is InChI=1S/C21H29NO6.C15H19NO4.CH4/c1-20(2,3)27-17(23)13-16(22-19(25)28-21(4,5)6)12-14-9-8-10-15(11-14)18(24)26-7;1-15(2,3)20-13(17)9-12(16)8-10-5-4-6-11(7-10)14(18)19;/h8-11H,12-13H2,1-7H3;4-7,16H,8-9H2,1-3H3,(H,18,19);1H4. The first-order valence-corrected chi connectivity index (χ1v) is 15.2. The molecule has 0 aromatic heterocycles. The number of methoxy groups -OCH3 is 1. The molecule has 2 aromatic carbocycles. The number of ether oxygens (including phenoxy) is 4. The van der Waals surface area contributed by atoms with Crippen molar-refractivity contribution in [2.24, 2.45) is 4.99 Å². The second kappa shape index (κ2) is 19.2. The first-order chi connectivity index (χ1) is 22.0. The van der Waals surface area contributed by atoms with Crippen LogP contribution in [0.5, 0.6) is 0 Å². The topological polar surface area (TPSA) is 179 Å². The Kier molecular flexibility index (Phi) is 17.3. The molecule has 0 heterocycles. The average molecular weight is 685 g/mol. The lowest BCUT2D eigenvalue weighted by Crippen LogP contribution is -2.27. The second-order valence-corrected chi connectivity index (χ2v) is 13.8. The van der Waals surface area contributed by atoms with Gasteiger partial charge in [-0.1, -0.05) is 31.7 Å². The first-order valence-electron chi connectivity index (χ1n) is 15.2. The Morgan fingerprint density at radius 1 is 0.694 bits per heavy atom. The maximum Gasteiger partial charge on any atom is 0.434 e. The van der Waals surface area contributed by atoms with E-state index in [1.807, 2.05) is 0 Å². The van der Waals surface area contributed by atoms with E-state index in [1.165, 1.54) is 19.2 Å². The lowest BCUT2D eigenvalue weighted by Gasteiger charge is -2.20. The highest BCUT2D eigenvalue weighted by Gasteiger charge is 2.22. The molecule has 0 unspecified atom stereocenters. The number of amides is 1. The Labute approximate surface area is 289 Å². The molecule has 2 rings (SSSR count). The Morgan fingerprint density at radius 2 is 1.14 bits per heavy atom. The van der Waals surface area contributed by atoms with E-state index in [2.05, 4.69) is 4.99 Å². The summed E-state index contributed by atoms with van der Waals surface area (Å²) < 4.78 is 20.4. The molecule has 0 saturated heterocycles. The van der Waals surface area contributed by atoms with Gasteiger partial charge in [-0.15, -0.1) is 0 Å². The van der Waals surface area contributed by atoms with Crippen LogP contribution in [0.3, 0.4) is 0 Å². The van der Waals surface area contributed by atoms with Gasteiger partial charge in [0.2, 0.25) is 0 Å². The molecule has 12 nitrogen and oxygen atoms in total. The third kappa shape index (κ3) is 20.2. The van der Waals surface area contributed by atoms with Crippen LogP contribution < -0.4 is 0 Å². The van der Waals surface area contributed by atoms with Crippen LogP contribution in [-0.4, -0.2) is 70.4 Å². The molecule has 0 radical (unpaired) electrons. The summed E-state index contributed by atoms with van der Waals surface area (Å²) in [7, 11) is 1.30. The monoisotopic (exact) mass is 684 g/mol. The molecule has 0 spiro atoms. The van der Waals surface area contributed by atoms with Crippen molar-refractivity contribution in [1.82, 2.24) is 0 Å². The minimum absolute atomic E-state index is 0. The van der Waals surface area contributed by atoms with E-state index >= 15 is 0 Å². The molecular formula is C37H52N2O10. The Bertz CT molecular complexity index is 1510. The van der Waals surface area contributed by atoms with Gasteiger partial charge in [0, 0.05) is 24.3 Å². The van der Waals surface area contributed by atoms with Crippen molar-refractivity contribution in [2.45, 2.75) is 112 Å². The van der Waals surface area contributed by atoms with E-state index in [1.54, 1.807) is 98.7 Å². The molecule has 270 valence electrons. The highest BCUT2D eigenvalue weighted by Crippen LogP contribution is 2.15. The van der Waals surface area contributed by atoms with Crippen molar-refractivity contribution in [3.63, 3.8) is 0 Å². The third-order valence-electron chi connectivity index (χ3n) is 5.54. The van der Waals surface area contributed by atoms with Crippen molar-refractivity contribution in [3.8, 4) is 0 Å². The van der Waals surface area contributed by atoms with Crippen LogP contribution in [0.1, 0.15) is 114 Å². The molecule has 0 saturated carbocycles. The molecule has 0 aliphatic heterocycles. The number of aromatic carboxylic acids is 1. The van der Waals surface area contributed by atoms with Gasteiger partial charge >= 0.3 is 30.0 Å². The molecule has 2 aromatic rings. The summed E-state index contributed by atoms with van der Waals surface area (Å²) in [4.78, 5) is 62.4. The number of aliphatic imine (C=N–C) groups is 1. The maximum absolute atomic E-state index is 12.2. The first kappa shape index (κ1) is 44.1. The third-order valence-corrected chi connectivity index (χ3v) is 5.54. The summed E-state index contributed by atoms with van der Waals surface area (Å²) >= 11 is 0. The van der Waals surface area contributed by atoms with Gasteiger partial charge in [-0.3, -0.25) is 9.59 Å². The highest BCUT2D eigenvalue weighted by molar-refractivity contribution is 6.04. The lowest BCUT2D eigenvalue weighted by molar-refractivity contribution is -0.154. The molecule has 2 N–H and O–H groups in total. The predicted octanol–water partition coefficient (Wildman–Crippen LogP) is 7.44. The molecule has 0 aliphatic rings. The Balaban J connectivity index is 0.000000971. The number of nitrogens with zero attached hydrogens (tertiary/aromatic N) is 1. The number of hydrogen-bond donors (Lipinski definition) is 2. The summed E-state index contributed by atoms with van der Waals surface area (Å²) in [6.07, 6.45) is -0.618. The van der Waals surface area contributed by atoms with Gasteiger partial charge in [-0.2, -0.15) is 4.99 Å². The van der Waals surface area contributed by atoms with Gasteiger partial charge in [0.1, 0.15) is 16.8 Å². The van der Waals surface area contributed by atoms with Crippen LogP contribution in [0.25, 0.3) is 0 Å². The minimum atomic E-state index is -1.01. The molecule has 12 heteroatoms. The molecule has 0 atom stereocenters. The van der Waals surface area contributed by atoms with Crippen molar-refractivity contribution < 1.29 is 48.0 Å². The predicted molar refractivity (Wildman–Crippen MR) is 188 cm³/mol. The summed E-state index contributed by atoms with van der Waals surface area (Å²) in [6, 6.07) is 13.1. The molecular weight excluding hydrogens is 632 g/mol. The van der Waals surface area contributed by atoms with Crippen LogP contribution in [0.15, 0.2) is 53.5 Å². The van der Waals surface area contributed by atoms with Gasteiger partial charge in [-0.25, -0.2) is 14.4 Å². The van der Waals surface area contributed by atoms with Crippen molar-refractivity contribution in [3.05, 3.63) is 70.8 Å². The van der Waals surface area contributed by atoms with Gasteiger partial charge < -0.3 is 29.5 Å². The number of carboxylic acid groups (broad SMARTS) is 1. The lowest BCUT2D eigenvalue weighted by atomic mass is 10.0. The van der Waals surface area contributed by atoms with Gasteiger partial charge in [0.05, 0.1) is 31.1 Å². The van der Waals surface area contributed by atoms with Gasteiger partial charge in [0.15, 0.2) is 0 Å². The Morgan fingerprint density at radius 3 is 1.61 bits per heavy atom. The van der Waals surface area contributed by atoms with E-state index in [0.717, 1.165) is 0 Å². The second-order valence-electron chi connectivity index (χ2n) is 13.8. The number of carboxylic acids is 1. The summed E-state index contributed by atoms with van der Waals surface area (Å²) in [6.45, 7) is 15.8. The fourth-order valence-electron chi connectivity index (χ4n) is 3.94. The highest BCUT2D eigenvalue weighted by atomic mass is 16.6. The maximum atomic E-state index is 12.2. The number of esters is 3. The number of nitrogens with one attached hydrogen (secondary N) is 1. The zero-order valence-corrected chi connectivity index (χ0v) is 29.5. The number of rotatable bonds is 10. The van der Waals surface area contributed by atoms with E-state index in [0.29, 0.717) is 16.7 Å². The SMILES string of the molecule is C.CC(C)(C)OC(=O)CC(=N)Cc1cccc(C(=O)O)c1.COC(=O)c1cccc(CC(CC(=O)OC(C)(C)C)=NC(=O)OC(C)(C)C)c1. The van der Waals surface area contributed by atoms with Crippen LogP contribution in [-0.2, 0) is 41.4 Å². The normalized spacial score (nSPS) is 11.5. The van der Waals surface area contributed by atoms with Crippen LogP contribution in [0.4, 0.5) is 4.79 Å². The molecule has 1 amide bonds. The summed E-state index contributed by atoms with van der Waals surface area (Å²) in [5, 5.41) is 16.7. The van der Waals surface area contributed by atoms with Crippen molar-refractivity contribution in [1.29, 1.82) is 5.41 Å². The van der Waals surface area contributed by atoms with Crippen LogP contribution >= 0.6 is 0 Å². The minimum Gasteiger partial charge on any atom is -0.478 e.